The quantitative estimate of drug-likeness (QED) is 0.470. The molecule has 156 valence electrons. The number of benzene rings is 1. The second kappa shape index (κ2) is 8.64. The molecular weight excluding hydrogens is 404 g/mol. The molecule has 9 nitrogen and oxygen atoms in total. The fourth-order valence-electron chi connectivity index (χ4n) is 3.02. The third-order valence-corrected chi connectivity index (χ3v) is 5.99. The number of rotatable bonds is 8. The van der Waals surface area contributed by atoms with E-state index in [0.29, 0.717) is 30.6 Å². The lowest BCUT2D eigenvalue weighted by atomic mass is 10.2. The highest BCUT2D eigenvalue weighted by atomic mass is 32.2. The molecule has 1 aliphatic rings. The van der Waals surface area contributed by atoms with E-state index in [4.69, 9.17) is 4.74 Å². The Balaban J connectivity index is 1.27. The maximum Gasteiger partial charge on any atom is 0.240 e. The van der Waals surface area contributed by atoms with Gasteiger partial charge in [0.2, 0.25) is 10.0 Å². The van der Waals surface area contributed by atoms with Crippen molar-refractivity contribution in [1.29, 1.82) is 0 Å². The first-order valence-corrected chi connectivity index (χ1v) is 11.0. The summed E-state index contributed by atoms with van der Waals surface area (Å²) in [5.41, 5.74) is 2.01. The summed E-state index contributed by atoms with van der Waals surface area (Å²) in [6.07, 6.45) is 2.45. The van der Waals surface area contributed by atoms with Crippen LogP contribution in [-0.4, -0.2) is 43.3 Å². The first kappa shape index (κ1) is 20.0. The topological polar surface area (TPSA) is 118 Å². The van der Waals surface area contributed by atoms with Crippen LogP contribution in [0.5, 0.6) is 5.75 Å². The van der Waals surface area contributed by atoms with Gasteiger partial charge in [-0.3, -0.25) is 0 Å². The second-order valence-corrected chi connectivity index (χ2v) is 8.61. The molecule has 0 radical (unpaired) electrons. The summed E-state index contributed by atoms with van der Waals surface area (Å²) in [5, 5.41) is 14.3. The van der Waals surface area contributed by atoms with Crippen LogP contribution in [0.3, 0.4) is 0 Å². The molecule has 0 unspecified atom stereocenters. The molecule has 1 aliphatic heterocycles. The molecule has 10 heteroatoms. The molecule has 4 rings (SSSR count). The lowest BCUT2D eigenvalue weighted by molar-refractivity contribution is 0.356. The van der Waals surface area contributed by atoms with Gasteiger partial charge < -0.3 is 15.4 Å². The van der Waals surface area contributed by atoms with Gasteiger partial charge in [-0.1, -0.05) is 0 Å². The van der Waals surface area contributed by atoms with E-state index in [1.807, 2.05) is 19.1 Å². The Morgan fingerprint density at radius 1 is 1.00 bits per heavy atom. The first-order chi connectivity index (χ1) is 14.5. The van der Waals surface area contributed by atoms with Gasteiger partial charge in [0, 0.05) is 25.7 Å². The van der Waals surface area contributed by atoms with Crippen molar-refractivity contribution in [1.82, 2.24) is 19.9 Å². The van der Waals surface area contributed by atoms with Crippen molar-refractivity contribution >= 4 is 27.5 Å². The van der Waals surface area contributed by atoms with Crippen LogP contribution < -0.4 is 20.1 Å². The van der Waals surface area contributed by atoms with Crippen LogP contribution in [0.25, 0.3) is 0 Å². The standard InChI is InChI=1S/C20H22N6O3S/c1-14-6-8-21-20(12-14)24-19-5-4-18(25-26-19)22-9-10-23-30(27,28)16-2-3-17-15(13-16)7-11-29-17/h2-6,8,12-13,23H,7,9-11H2,1H3,(H,22,25)(H,21,24,26). The van der Waals surface area contributed by atoms with E-state index in [2.05, 4.69) is 30.5 Å². The number of nitrogens with one attached hydrogen (secondary N) is 3. The number of aromatic nitrogens is 3. The average Bonchev–Trinajstić information content (AvgIpc) is 3.20. The van der Waals surface area contributed by atoms with Gasteiger partial charge in [-0.25, -0.2) is 18.1 Å². The average molecular weight is 427 g/mol. The fraction of sp³-hybridized carbons (Fsp3) is 0.250. The molecule has 0 saturated heterocycles. The fourth-order valence-corrected chi connectivity index (χ4v) is 4.10. The molecule has 0 aliphatic carbocycles. The molecule has 0 bridgehead atoms. The number of aryl methyl sites for hydroxylation is 1. The Bertz CT molecular complexity index is 1140. The molecule has 0 fully saturated rings. The van der Waals surface area contributed by atoms with Gasteiger partial charge in [0.1, 0.15) is 17.4 Å². The van der Waals surface area contributed by atoms with Crippen molar-refractivity contribution < 1.29 is 13.2 Å². The molecule has 0 atom stereocenters. The van der Waals surface area contributed by atoms with Gasteiger partial charge in [0.05, 0.1) is 11.5 Å². The summed E-state index contributed by atoms with van der Waals surface area (Å²) >= 11 is 0. The maximum atomic E-state index is 12.5. The number of sulfonamides is 1. The van der Waals surface area contributed by atoms with E-state index < -0.39 is 10.0 Å². The van der Waals surface area contributed by atoms with Crippen molar-refractivity contribution in [3.05, 3.63) is 59.8 Å². The summed E-state index contributed by atoms with van der Waals surface area (Å²) in [6, 6.07) is 12.3. The Morgan fingerprint density at radius 2 is 1.83 bits per heavy atom. The molecule has 3 heterocycles. The normalized spacial score (nSPS) is 12.8. The van der Waals surface area contributed by atoms with Gasteiger partial charge in [-0.05, 0) is 60.5 Å². The van der Waals surface area contributed by atoms with Crippen LogP contribution in [0.15, 0.2) is 53.6 Å². The minimum atomic E-state index is -3.58. The van der Waals surface area contributed by atoms with E-state index in [9.17, 15) is 8.42 Å². The van der Waals surface area contributed by atoms with Crippen molar-refractivity contribution in [2.75, 3.05) is 30.3 Å². The molecule has 3 N–H and O–H groups in total. The Kier molecular flexibility index (Phi) is 5.77. The number of anilines is 3. The molecule has 30 heavy (non-hydrogen) atoms. The van der Waals surface area contributed by atoms with E-state index >= 15 is 0 Å². The minimum absolute atomic E-state index is 0.213. The third-order valence-electron chi connectivity index (χ3n) is 4.53. The minimum Gasteiger partial charge on any atom is -0.493 e. The van der Waals surface area contributed by atoms with Crippen LogP contribution in [0.2, 0.25) is 0 Å². The zero-order valence-electron chi connectivity index (χ0n) is 16.4. The van der Waals surface area contributed by atoms with Gasteiger partial charge in [0.25, 0.3) is 0 Å². The van der Waals surface area contributed by atoms with Gasteiger partial charge in [0.15, 0.2) is 5.82 Å². The summed E-state index contributed by atoms with van der Waals surface area (Å²) in [7, 11) is -3.58. The van der Waals surface area contributed by atoms with Crippen LogP contribution in [0.4, 0.5) is 17.5 Å². The highest BCUT2D eigenvalue weighted by Gasteiger charge is 2.18. The monoisotopic (exact) mass is 426 g/mol. The summed E-state index contributed by atoms with van der Waals surface area (Å²) < 4.78 is 32.9. The smallest absolute Gasteiger partial charge is 0.240 e. The Labute approximate surface area is 175 Å². The lowest BCUT2D eigenvalue weighted by Crippen LogP contribution is -2.29. The zero-order chi connectivity index (χ0) is 21.0. The van der Waals surface area contributed by atoms with Gasteiger partial charge in [-0.2, -0.15) is 0 Å². The zero-order valence-corrected chi connectivity index (χ0v) is 17.2. The predicted octanol–water partition coefficient (Wildman–Crippen LogP) is 2.25. The van der Waals surface area contributed by atoms with Crippen molar-refractivity contribution in [3.8, 4) is 5.75 Å². The van der Waals surface area contributed by atoms with E-state index in [1.165, 1.54) is 0 Å². The molecule has 2 aromatic heterocycles. The van der Waals surface area contributed by atoms with Crippen LogP contribution >= 0.6 is 0 Å². The predicted molar refractivity (Wildman–Crippen MR) is 114 cm³/mol. The third kappa shape index (κ3) is 4.84. The lowest BCUT2D eigenvalue weighted by Gasteiger charge is -2.09. The van der Waals surface area contributed by atoms with Crippen LogP contribution in [0, 0.1) is 6.92 Å². The SMILES string of the molecule is Cc1ccnc(Nc2ccc(NCCNS(=O)(=O)c3ccc4c(c3)CCO4)nn2)c1. The van der Waals surface area contributed by atoms with E-state index in [0.717, 1.165) is 23.3 Å². The molecule has 1 aromatic carbocycles. The molecular formula is C20H22N6O3S. The molecule has 3 aromatic rings. The first-order valence-electron chi connectivity index (χ1n) is 9.52. The van der Waals surface area contributed by atoms with E-state index in [1.54, 1.807) is 36.5 Å². The largest absolute Gasteiger partial charge is 0.493 e. The Hall–Kier alpha value is -3.24. The highest BCUT2D eigenvalue weighted by molar-refractivity contribution is 7.89. The Morgan fingerprint density at radius 3 is 2.63 bits per heavy atom. The van der Waals surface area contributed by atoms with Crippen LogP contribution in [0.1, 0.15) is 11.1 Å². The summed E-state index contributed by atoms with van der Waals surface area (Å²) in [6.45, 7) is 3.16. The molecule has 0 spiro atoms. The number of hydrogen-bond donors (Lipinski definition) is 3. The van der Waals surface area contributed by atoms with Crippen LogP contribution in [-0.2, 0) is 16.4 Å². The molecule has 0 saturated carbocycles. The summed E-state index contributed by atoms with van der Waals surface area (Å²) in [5.74, 6) is 2.56. The van der Waals surface area contributed by atoms with Crippen molar-refractivity contribution in [2.45, 2.75) is 18.2 Å². The second-order valence-electron chi connectivity index (χ2n) is 6.84. The maximum absolute atomic E-state index is 12.5. The van der Waals surface area contributed by atoms with E-state index in [-0.39, 0.29) is 11.4 Å². The number of fused-ring (bicyclic) bond motifs is 1. The number of pyridine rings is 1. The van der Waals surface area contributed by atoms with Crippen molar-refractivity contribution in [3.63, 3.8) is 0 Å². The van der Waals surface area contributed by atoms with Gasteiger partial charge in [-0.15, -0.1) is 10.2 Å². The summed E-state index contributed by atoms with van der Waals surface area (Å²) in [4.78, 5) is 4.46. The number of nitrogens with zero attached hydrogens (tertiary/aromatic N) is 3. The molecule has 0 amide bonds. The van der Waals surface area contributed by atoms with Crippen molar-refractivity contribution in [2.24, 2.45) is 0 Å². The number of ether oxygens (including phenoxy) is 1. The number of hydrogen-bond acceptors (Lipinski definition) is 8. The highest BCUT2D eigenvalue weighted by Crippen LogP contribution is 2.27. The van der Waals surface area contributed by atoms with Gasteiger partial charge >= 0.3 is 0 Å².